The molecule has 0 radical (unpaired) electrons. The molecule has 1 aromatic carbocycles. The Labute approximate surface area is 88.7 Å². The molecule has 0 amide bonds. The van der Waals surface area contributed by atoms with Crippen molar-refractivity contribution in [2.75, 3.05) is 0 Å². The fraction of sp³-hybridized carbons (Fsp3) is 0.182. The Morgan fingerprint density at radius 2 is 1.88 bits per heavy atom. The van der Waals surface area contributed by atoms with E-state index in [1.165, 1.54) is 12.1 Å². The number of aryl methyl sites for hydroxylation is 1. The maximum atomic E-state index is 12.6. The van der Waals surface area contributed by atoms with E-state index in [9.17, 15) is 18.0 Å². The summed E-state index contributed by atoms with van der Waals surface area (Å²) in [7, 11) is 0. The molecule has 0 aliphatic heterocycles. The molecule has 5 heteroatoms. The molecule has 0 fully saturated rings. The number of halogens is 3. The number of rotatable bonds is 0. The van der Waals surface area contributed by atoms with Crippen LogP contribution in [0.4, 0.5) is 13.2 Å². The largest absolute Gasteiger partial charge is 0.418 e. The molecule has 0 saturated heterocycles. The van der Waals surface area contributed by atoms with Crippen LogP contribution in [-0.4, -0.2) is 4.98 Å². The Morgan fingerprint density at radius 1 is 1.19 bits per heavy atom. The SMILES string of the molecule is Cc1ccc2c(C(F)(F)F)c[nH]c(=O)c2c1. The summed E-state index contributed by atoms with van der Waals surface area (Å²) in [4.78, 5) is 13.5. The minimum absolute atomic E-state index is 0.0647. The van der Waals surface area contributed by atoms with Crippen LogP contribution in [0.2, 0.25) is 0 Å². The molecule has 0 aliphatic rings. The minimum Gasteiger partial charge on any atom is -0.328 e. The molecule has 0 aliphatic carbocycles. The van der Waals surface area contributed by atoms with Gasteiger partial charge >= 0.3 is 6.18 Å². The molecule has 1 heterocycles. The van der Waals surface area contributed by atoms with Crippen LogP contribution in [0.3, 0.4) is 0 Å². The third kappa shape index (κ3) is 1.68. The number of fused-ring (bicyclic) bond motifs is 1. The van der Waals surface area contributed by atoms with Crippen LogP contribution in [0.25, 0.3) is 10.8 Å². The third-order valence-electron chi connectivity index (χ3n) is 2.36. The second-order valence-electron chi connectivity index (χ2n) is 3.58. The van der Waals surface area contributed by atoms with Gasteiger partial charge in [-0.05, 0) is 13.0 Å². The van der Waals surface area contributed by atoms with Gasteiger partial charge in [-0.25, -0.2) is 0 Å². The number of aromatic amines is 1. The Balaban J connectivity index is 2.90. The summed E-state index contributed by atoms with van der Waals surface area (Å²) in [6.45, 7) is 1.72. The van der Waals surface area contributed by atoms with Gasteiger partial charge in [0.15, 0.2) is 0 Å². The summed E-state index contributed by atoms with van der Waals surface area (Å²) in [6.07, 6.45) is -3.75. The monoisotopic (exact) mass is 227 g/mol. The molecule has 0 saturated carbocycles. The first kappa shape index (κ1) is 10.7. The zero-order valence-electron chi connectivity index (χ0n) is 8.35. The summed E-state index contributed by atoms with van der Waals surface area (Å²) in [5.74, 6) is 0. The van der Waals surface area contributed by atoms with Crippen molar-refractivity contribution >= 4 is 10.8 Å². The number of pyridine rings is 1. The second kappa shape index (κ2) is 3.37. The van der Waals surface area contributed by atoms with E-state index in [4.69, 9.17) is 0 Å². The van der Waals surface area contributed by atoms with E-state index >= 15 is 0 Å². The number of nitrogens with one attached hydrogen (secondary N) is 1. The maximum absolute atomic E-state index is 12.6. The van der Waals surface area contributed by atoms with E-state index in [1.54, 1.807) is 13.0 Å². The van der Waals surface area contributed by atoms with E-state index < -0.39 is 17.3 Å². The number of benzene rings is 1. The van der Waals surface area contributed by atoms with Crippen molar-refractivity contribution in [1.82, 2.24) is 4.98 Å². The Kier molecular flexibility index (Phi) is 2.26. The highest BCUT2D eigenvalue weighted by atomic mass is 19.4. The summed E-state index contributed by atoms with van der Waals surface area (Å²) in [5.41, 5.74) is -0.578. The van der Waals surface area contributed by atoms with Gasteiger partial charge in [-0.15, -0.1) is 0 Å². The van der Waals surface area contributed by atoms with Gasteiger partial charge in [0.1, 0.15) is 0 Å². The molecule has 2 aromatic rings. The van der Waals surface area contributed by atoms with E-state index in [2.05, 4.69) is 4.98 Å². The van der Waals surface area contributed by atoms with Crippen molar-refractivity contribution in [3.05, 3.63) is 45.9 Å². The lowest BCUT2D eigenvalue weighted by molar-refractivity contribution is -0.136. The third-order valence-corrected chi connectivity index (χ3v) is 2.36. The Bertz CT molecular complexity index is 598. The summed E-state index contributed by atoms with van der Waals surface area (Å²) in [5, 5.41) is -0.00308. The summed E-state index contributed by atoms with van der Waals surface area (Å²) < 4.78 is 37.9. The number of aromatic nitrogens is 1. The van der Waals surface area contributed by atoms with Crippen molar-refractivity contribution in [2.45, 2.75) is 13.1 Å². The number of H-pyrrole nitrogens is 1. The molecule has 0 spiro atoms. The lowest BCUT2D eigenvalue weighted by Crippen LogP contribution is -2.13. The Hall–Kier alpha value is -1.78. The molecular formula is C11H8F3NO. The van der Waals surface area contributed by atoms with Gasteiger partial charge in [-0.1, -0.05) is 17.7 Å². The fourth-order valence-corrected chi connectivity index (χ4v) is 1.61. The first-order valence-corrected chi connectivity index (χ1v) is 4.59. The van der Waals surface area contributed by atoms with Crippen molar-refractivity contribution in [3.63, 3.8) is 0 Å². The van der Waals surface area contributed by atoms with Crippen molar-refractivity contribution < 1.29 is 13.2 Å². The standard InChI is InChI=1S/C11H8F3NO/c1-6-2-3-7-8(4-6)10(16)15-5-9(7)11(12,13)14/h2-5H,1H3,(H,15,16). The van der Waals surface area contributed by atoms with Crippen LogP contribution in [0.1, 0.15) is 11.1 Å². The molecule has 2 rings (SSSR count). The molecule has 1 N–H and O–H groups in total. The quantitative estimate of drug-likeness (QED) is 0.737. The average Bonchev–Trinajstić information content (AvgIpc) is 2.17. The molecule has 1 aromatic heterocycles. The van der Waals surface area contributed by atoms with Gasteiger partial charge in [-0.2, -0.15) is 13.2 Å². The van der Waals surface area contributed by atoms with Crippen LogP contribution in [-0.2, 0) is 6.18 Å². The topological polar surface area (TPSA) is 32.9 Å². The number of hydrogen-bond donors (Lipinski definition) is 1. The van der Waals surface area contributed by atoms with Crippen molar-refractivity contribution in [1.29, 1.82) is 0 Å². The van der Waals surface area contributed by atoms with E-state index in [-0.39, 0.29) is 10.8 Å². The van der Waals surface area contributed by atoms with Gasteiger partial charge in [-0.3, -0.25) is 4.79 Å². The highest BCUT2D eigenvalue weighted by Crippen LogP contribution is 2.33. The van der Waals surface area contributed by atoms with Crippen LogP contribution in [0.5, 0.6) is 0 Å². The fourth-order valence-electron chi connectivity index (χ4n) is 1.61. The second-order valence-corrected chi connectivity index (χ2v) is 3.58. The molecule has 0 bridgehead atoms. The first-order valence-electron chi connectivity index (χ1n) is 4.59. The zero-order chi connectivity index (χ0) is 11.9. The lowest BCUT2D eigenvalue weighted by Gasteiger charge is -2.09. The first-order chi connectivity index (χ1) is 7.39. The van der Waals surface area contributed by atoms with Crippen LogP contribution >= 0.6 is 0 Å². The van der Waals surface area contributed by atoms with E-state index in [1.807, 2.05) is 0 Å². The normalized spacial score (nSPS) is 12.0. The van der Waals surface area contributed by atoms with Gasteiger partial charge in [0, 0.05) is 17.0 Å². The molecule has 2 nitrogen and oxygen atoms in total. The predicted molar refractivity (Wildman–Crippen MR) is 54.3 cm³/mol. The zero-order valence-corrected chi connectivity index (χ0v) is 8.35. The average molecular weight is 227 g/mol. The van der Waals surface area contributed by atoms with Gasteiger partial charge < -0.3 is 4.98 Å². The minimum atomic E-state index is -4.46. The summed E-state index contributed by atoms with van der Waals surface area (Å²) in [6, 6.07) is 4.32. The Morgan fingerprint density at radius 3 is 2.50 bits per heavy atom. The predicted octanol–water partition coefficient (Wildman–Crippen LogP) is 2.86. The number of alkyl halides is 3. The van der Waals surface area contributed by atoms with Crippen LogP contribution < -0.4 is 5.56 Å². The molecule has 0 atom stereocenters. The van der Waals surface area contributed by atoms with Crippen molar-refractivity contribution in [2.24, 2.45) is 0 Å². The molecule has 0 unspecified atom stereocenters. The van der Waals surface area contributed by atoms with Gasteiger partial charge in [0.2, 0.25) is 0 Å². The van der Waals surface area contributed by atoms with Crippen LogP contribution in [0.15, 0.2) is 29.2 Å². The highest BCUT2D eigenvalue weighted by Gasteiger charge is 2.33. The van der Waals surface area contributed by atoms with Crippen molar-refractivity contribution in [3.8, 4) is 0 Å². The lowest BCUT2D eigenvalue weighted by atomic mass is 10.1. The van der Waals surface area contributed by atoms with Crippen LogP contribution in [0, 0.1) is 6.92 Å². The highest BCUT2D eigenvalue weighted by molar-refractivity contribution is 5.85. The summed E-state index contributed by atoms with van der Waals surface area (Å²) >= 11 is 0. The number of hydrogen-bond acceptors (Lipinski definition) is 1. The van der Waals surface area contributed by atoms with Gasteiger partial charge in [0.25, 0.3) is 5.56 Å². The molecular weight excluding hydrogens is 219 g/mol. The molecule has 84 valence electrons. The smallest absolute Gasteiger partial charge is 0.328 e. The van der Waals surface area contributed by atoms with E-state index in [0.717, 1.165) is 5.56 Å². The maximum Gasteiger partial charge on any atom is 0.418 e. The van der Waals surface area contributed by atoms with E-state index in [0.29, 0.717) is 6.20 Å². The molecule has 16 heavy (non-hydrogen) atoms. The van der Waals surface area contributed by atoms with Gasteiger partial charge in [0.05, 0.1) is 5.56 Å².